The summed E-state index contributed by atoms with van der Waals surface area (Å²) in [5, 5.41) is 3.18. The zero-order chi connectivity index (χ0) is 8.55. The van der Waals surface area contributed by atoms with Gasteiger partial charge in [0.25, 0.3) is 0 Å². The Balaban J connectivity index is 2.56. The molecule has 0 bridgehead atoms. The van der Waals surface area contributed by atoms with Gasteiger partial charge >= 0.3 is 0 Å². The fraction of sp³-hybridized carbons (Fsp3) is 0.100. The third kappa shape index (κ3) is 1.01. The Morgan fingerprint density at radius 1 is 1.33 bits per heavy atom. The number of hydrogen-bond donors (Lipinski definition) is 1. The van der Waals surface area contributed by atoms with E-state index in [1.807, 2.05) is 31.2 Å². The third-order valence-electron chi connectivity index (χ3n) is 1.91. The summed E-state index contributed by atoms with van der Waals surface area (Å²) in [5.74, 6) is 0. The topological polar surface area (TPSA) is 24.4 Å². The molecule has 1 aromatic rings. The van der Waals surface area contributed by atoms with Gasteiger partial charge in [-0.15, -0.1) is 0 Å². The Morgan fingerprint density at radius 3 is 2.92 bits per heavy atom. The molecule has 0 unspecified atom stereocenters. The van der Waals surface area contributed by atoms with Gasteiger partial charge in [-0.3, -0.25) is 0 Å². The van der Waals surface area contributed by atoms with Crippen molar-refractivity contribution >= 4 is 17.1 Å². The fourth-order valence-electron chi connectivity index (χ4n) is 1.18. The second-order valence-electron chi connectivity index (χ2n) is 2.82. The van der Waals surface area contributed by atoms with Crippen molar-refractivity contribution < 1.29 is 0 Å². The van der Waals surface area contributed by atoms with E-state index in [-0.39, 0.29) is 0 Å². The van der Waals surface area contributed by atoms with Gasteiger partial charge in [-0.25, -0.2) is 4.99 Å². The molecule has 0 saturated carbocycles. The molecule has 0 fully saturated rings. The van der Waals surface area contributed by atoms with Crippen LogP contribution in [0.25, 0.3) is 0 Å². The highest BCUT2D eigenvalue weighted by molar-refractivity contribution is 6.05. The lowest BCUT2D eigenvalue weighted by molar-refractivity contribution is 1.38. The van der Waals surface area contributed by atoms with Crippen molar-refractivity contribution in [2.45, 2.75) is 6.92 Å². The molecule has 0 aromatic heterocycles. The van der Waals surface area contributed by atoms with Gasteiger partial charge in [0.2, 0.25) is 0 Å². The first-order valence-electron chi connectivity index (χ1n) is 3.88. The number of para-hydroxylation sites is 2. The molecule has 0 aliphatic carbocycles. The van der Waals surface area contributed by atoms with E-state index < -0.39 is 0 Å². The lowest BCUT2D eigenvalue weighted by atomic mass is 10.2. The molecule has 2 rings (SSSR count). The van der Waals surface area contributed by atoms with Crippen molar-refractivity contribution in [3.63, 3.8) is 0 Å². The van der Waals surface area contributed by atoms with E-state index in [0.717, 1.165) is 22.8 Å². The lowest BCUT2D eigenvalue weighted by Crippen LogP contribution is -2.10. The molecule has 2 heteroatoms. The number of benzene rings is 1. The fourth-order valence-corrected chi connectivity index (χ4v) is 1.18. The van der Waals surface area contributed by atoms with Crippen molar-refractivity contribution in [1.29, 1.82) is 0 Å². The minimum absolute atomic E-state index is 0.883. The zero-order valence-electron chi connectivity index (χ0n) is 6.96. The number of aliphatic imine (C=N–C) groups is 1. The average Bonchev–Trinajstić information content (AvgIpc) is 2.07. The predicted octanol–water partition coefficient (Wildman–Crippen LogP) is 2.72. The van der Waals surface area contributed by atoms with Gasteiger partial charge in [0, 0.05) is 0 Å². The molecule has 0 amide bonds. The van der Waals surface area contributed by atoms with E-state index in [0.29, 0.717) is 0 Å². The standard InChI is InChI=1S/C10H10N2/c1-7-8(2)12-10-6-4-3-5-9(10)11-7/h3-6,11H,1H2,2H3. The van der Waals surface area contributed by atoms with E-state index in [1.165, 1.54) is 0 Å². The molecule has 1 aliphatic rings. The Kier molecular flexibility index (Phi) is 1.47. The number of allylic oxidation sites excluding steroid dienone is 1. The molecule has 0 spiro atoms. The smallest absolute Gasteiger partial charge is 0.0868 e. The molecular formula is C10H10N2. The molecular weight excluding hydrogens is 148 g/mol. The van der Waals surface area contributed by atoms with Crippen molar-refractivity contribution in [2.75, 3.05) is 5.32 Å². The van der Waals surface area contributed by atoms with Gasteiger partial charge in [0.15, 0.2) is 0 Å². The van der Waals surface area contributed by atoms with Crippen molar-refractivity contribution in [3.8, 4) is 0 Å². The Bertz CT molecular complexity index is 364. The summed E-state index contributed by atoms with van der Waals surface area (Å²) in [4.78, 5) is 4.38. The maximum Gasteiger partial charge on any atom is 0.0868 e. The van der Waals surface area contributed by atoms with E-state index in [1.54, 1.807) is 0 Å². The van der Waals surface area contributed by atoms with Crippen LogP contribution in [0.5, 0.6) is 0 Å². The minimum atomic E-state index is 0.883. The van der Waals surface area contributed by atoms with Gasteiger partial charge in [-0.1, -0.05) is 18.7 Å². The zero-order valence-corrected chi connectivity index (χ0v) is 6.96. The molecule has 1 aromatic carbocycles. The summed E-state index contributed by atoms with van der Waals surface area (Å²) in [7, 11) is 0. The Morgan fingerprint density at radius 2 is 2.08 bits per heavy atom. The van der Waals surface area contributed by atoms with Gasteiger partial charge < -0.3 is 5.32 Å². The van der Waals surface area contributed by atoms with Crippen LogP contribution >= 0.6 is 0 Å². The number of anilines is 1. The predicted molar refractivity (Wildman–Crippen MR) is 52.0 cm³/mol. The number of nitrogens with zero attached hydrogens (tertiary/aromatic N) is 1. The molecule has 0 saturated heterocycles. The van der Waals surface area contributed by atoms with Crippen LogP contribution < -0.4 is 5.32 Å². The SMILES string of the molecule is C=C1Nc2ccccc2N=C1C. The van der Waals surface area contributed by atoms with E-state index >= 15 is 0 Å². The summed E-state index contributed by atoms with van der Waals surface area (Å²) >= 11 is 0. The molecule has 1 N–H and O–H groups in total. The highest BCUT2D eigenvalue weighted by Crippen LogP contribution is 2.29. The third-order valence-corrected chi connectivity index (χ3v) is 1.91. The molecule has 1 aliphatic heterocycles. The lowest BCUT2D eigenvalue weighted by Gasteiger charge is -2.16. The first-order valence-corrected chi connectivity index (χ1v) is 3.88. The van der Waals surface area contributed by atoms with E-state index in [2.05, 4.69) is 16.9 Å². The molecule has 2 nitrogen and oxygen atoms in total. The number of hydrogen-bond acceptors (Lipinski definition) is 2. The first kappa shape index (κ1) is 7.10. The maximum absolute atomic E-state index is 4.38. The molecule has 12 heavy (non-hydrogen) atoms. The van der Waals surface area contributed by atoms with Crippen LogP contribution in [0.15, 0.2) is 41.5 Å². The second-order valence-corrected chi connectivity index (χ2v) is 2.82. The van der Waals surface area contributed by atoms with Gasteiger partial charge in [0.05, 0.1) is 22.8 Å². The van der Waals surface area contributed by atoms with Crippen LogP contribution in [0, 0.1) is 0 Å². The molecule has 0 radical (unpaired) electrons. The van der Waals surface area contributed by atoms with E-state index in [4.69, 9.17) is 0 Å². The molecule has 60 valence electrons. The molecule has 0 atom stereocenters. The average molecular weight is 158 g/mol. The van der Waals surface area contributed by atoms with Gasteiger partial charge in [0.1, 0.15) is 0 Å². The van der Waals surface area contributed by atoms with Crippen molar-refractivity contribution in [2.24, 2.45) is 4.99 Å². The van der Waals surface area contributed by atoms with E-state index in [9.17, 15) is 0 Å². The minimum Gasteiger partial charge on any atom is -0.353 e. The first-order chi connectivity index (χ1) is 5.77. The highest BCUT2D eigenvalue weighted by Gasteiger charge is 2.09. The number of rotatable bonds is 0. The van der Waals surface area contributed by atoms with Crippen LogP contribution in [0.2, 0.25) is 0 Å². The Hall–Kier alpha value is -1.57. The van der Waals surface area contributed by atoms with Gasteiger partial charge in [-0.05, 0) is 19.1 Å². The van der Waals surface area contributed by atoms with Crippen LogP contribution in [0.4, 0.5) is 11.4 Å². The summed E-state index contributed by atoms with van der Waals surface area (Å²) in [6.45, 7) is 5.80. The summed E-state index contributed by atoms with van der Waals surface area (Å²) in [6, 6.07) is 7.94. The Labute approximate surface area is 71.6 Å². The normalized spacial score (nSPS) is 14.8. The maximum atomic E-state index is 4.38. The van der Waals surface area contributed by atoms with Crippen molar-refractivity contribution in [3.05, 3.63) is 36.5 Å². The summed E-state index contributed by atoms with van der Waals surface area (Å²) in [6.07, 6.45) is 0. The number of nitrogens with one attached hydrogen (secondary N) is 1. The monoisotopic (exact) mass is 158 g/mol. The van der Waals surface area contributed by atoms with Crippen LogP contribution in [0.3, 0.4) is 0 Å². The quantitative estimate of drug-likeness (QED) is 0.616. The number of fused-ring (bicyclic) bond motifs is 1. The van der Waals surface area contributed by atoms with Gasteiger partial charge in [-0.2, -0.15) is 0 Å². The summed E-state index contributed by atoms with van der Waals surface area (Å²) in [5.41, 5.74) is 3.86. The second kappa shape index (κ2) is 2.48. The largest absolute Gasteiger partial charge is 0.353 e. The van der Waals surface area contributed by atoms with Crippen LogP contribution in [-0.2, 0) is 0 Å². The van der Waals surface area contributed by atoms with Crippen LogP contribution in [-0.4, -0.2) is 5.71 Å². The van der Waals surface area contributed by atoms with Crippen molar-refractivity contribution in [1.82, 2.24) is 0 Å². The highest BCUT2D eigenvalue weighted by atomic mass is 15.0. The summed E-state index contributed by atoms with van der Waals surface area (Å²) < 4.78 is 0. The van der Waals surface area contributed by atoms with Crippen LogP contribution in [0.1, 0.15) is 6.92 Å². The molecule has 1 heterocycles.